The van der Waals surface area contributed by atoms with Crippen molar-refractivity contribution in [3.05, 3.63) is 69.6 Å². The minimum atomic E-state index is -0.674. The van der Waals surface area contributed by atoms with Crippen molar-refractivity contribution in [2.24, 2.45) is 0 Å². The summed E-state index contributed by atoms with van der Waals surface area (Å²) in [4.78, 5) is 47.8. The number of methoxy groups -OCH3 is 2. The van der Waals surface area contributed by atoms with Gasteiger partial charge in [0.2, 0.25) is 0 Å². The van der Waals surface area contributed by atoms with Crippen LogP contribution in [0.2, 0.25) is 0 Å². The molecule has 9 heteroatoms. The lowest BCUT2D eigenvalue weighted by molar-refractivity contribution is -0.118. The Morgan fingerprint density at radius 1 is 0.938 bits per heavy atom. The zero-order valence-corrected chi connectivity index (χ0v) is 17.7. The third kappa shape index (κ3) is 5.12. The number of anilines is 1. The van der Waals surface area contributed by atoms with E-state index in [2.05, 4.69) is 14.8 Å². The van der Waals surface area contributed by atoms with Crippen molar-refractivity contribution in [1.29, 1.82) is 0 Å². The van der Waals surface area contributed by atoms with Crippen LogP contribution in [0.5, 0.6) is 5.75 Å². The molecule has 1 aromatic heterocycles. The van der Waals surface area contributed by atoms with E-state index in [0.717, 1.165) is 10.9 Å². The first-order chi connectivity index (χ1) is 15.3. The maximum atomic E-state index is 12.4. The smallest absolute Gasteiger partial charge is 0.337 e. The molecule has 3 rings (SSSR count). The highest BCUT2D eigenvalue weighted by atomic mass is 16.5. The molecule has 2 aromatic carbocycles. The molecule has 9 nitrogen and oxygen atoms in total. The van der Waals surface area contributed by atoms with E-state index in [1.165, 1.54) is 44.6 Å². The summed E-state index contributed by atoms with van der Waals surface area (Å²) in [5.41, 5.74) is 1.09. The molecule has 0 radical (unpaired) electrons. The van der Waals surface area contributed by atoms with Gasteiger partial charge >= 0.3 is 17.6 Å². The topological polar surface area (TPSA) is 121 Å². The number of carbonyl (C=O) groups excluding carboxylic acids is 3. The molecular formula is C23H21NO8. The first-order valence-electron chi connectivity index (χ1n) is 9.65. The molecule has 0 fully saturated rings. The highest BCUT2D eigenvalue weighted by molar-refractivity contribution is 5.99. The van der Waals surface area contributed by atoms with Crippen LogP contribution in [0.1, 0.15) is 33.2 Å². The zero-order valence-electron chi connectivity index (χ0n) is 17.7. The Morgan fingerprint density at radius 3 is 2.19 bits per heavy atom. The summed E-state index contributed by atoms with van der Waals surface area (Å²) in [5.74, 6) is -1.55. The second-order valence-corrected chi connectivity index (χ2v) is 6.72. The van der Waals surface area contributed by atoms with Crippen molar-refractivity contribution in [3.8, 4) is 5.75 Å². The Kier molecular flexibility index (Phi) is 6.89. The monoisotopic (exact) mass is 439 g/mol. The number of fused-ring (bicyclic) bond motifs is 1. The minimum Gasteiger partial charge on any atom is -0.484 e. The summed E-state index contributed by atoms with van der Waals surface area (Å²) in [6.45, 7) is 1.57. The van der Waals surface area contributed by atoms with Crippen LogP contribution in [-0.4, -0.2) is 38.7 Å². The van der Waals surface area contributed by atoms with Crippen LogP contribution in [0.4, 0.5) is 5.69 Å². The molecule has 32 heavy (non-hydrogen) atoms. The fourth-order valence-corrected chi connectivity index (χ4v) is 3.11. The van der Waals surface area contributed by atoms with Gasteiger partial charge in [-0.1, -0.05) is 6.92 Å². The van der Waals surface area contributed by atoms with E-state index in [-0.39, 0.29) is 23.4 Å². The molecule has 1 N–H and O–H groups in total. The molecule has 0 aliphatic carbocycles. The van der Waals surface area contributed by atoms with Gasteiger partial charge in [-0.3, -0.25) is 4.79 Å². The largest absolute Gasteiger partial charge is 0.484 e. The summed E-state index contributed by atoms with van der Waals surface area (Å²) in [6.07, 6.45) is 0.670. The average Bonchev–Trinajstić information content (AvgIpc) is 2.80. The van der Waals surface area contributed by atoms with Crippen molar-refractivity contribution in [2.75, 3.05) is 26.1 Å². The van der Waals surface area contributed by atoms with E-state index in [0.29, 0.717) is 17.8 Å². The lowest BCUT2D eigenvalue weighted by Crippen LogP contribution is -2.21. The third-order valence-corrected chi connectivity index (χ3v) is 4.61. The Labute approximate surface area is 182 Å². The number of hydrogen-bond acceptors (Lipinski definition) is 8. The van der Waals surface area contributed by atoms with Gasteiger partial charge in [0.15, 0.2) is 6.61 Å². The predicted octanol–water partition coefficient (Wildman–Crippen LogP) is 2.95. The fourth-order valence-electron chi connectivity index (χ4n) is 3.11. The van der Waals surface area contributed by atoms with Gasteiger partial charge < -0.3 is 23.9 Å². The number of amides is 1. The van der Waals surface area contributed by atoms with E-state index in [4.69, 9.17) is 9.15 Å². The van der Waals surface area contributed by atoms with Gasteiger partial charge in [0.1, 0.15) is 11.3 Å². The van der Waals surface area contributed by atoms with Gasteiger partial charge in [0.05, 0.1) is 25.3 Å². The average molecular weight is 439 g/mol. The summed E-state index contributed by atoms with van der Waals surface area (Å²) in [6, 6.07) is 10.4. The number of hydrogen-bond donors (Lipinski definition) is 1. The van der Waals surface area contributed by atoms with E-state index in [1.54, 1.807) is 12.1 Å². The van der Waals surface area contributed by atoms with E-state index >= 15 is 0 Å². The molecule has 0 spiro atoms. The summed E-state index contributed by atoms with van der Waals surface area (Å²) >= 11 is 0. The van der Waals surface area contributed by atoms with E-state index in [1.807, 2.05) is 6.92 Å². The van der Waals surface area contributed by atoms with Crippen LogP contribution in [0.3, 0.4) is 0 Å². The molecule has 0 bridgehead atoms. The standard InChI is InChI=1S/C23H21NO8/c1-4-13-10-21(26)32-19-11-17(5-6-18(13)19)31-12-20(25)24-16-8-14(22(27)29-2)7-15(9-16)23(28)30-3/h5-11H,4,12H2,1-3H3,(H,24,25). The molecule has 1 heterocycles. The van der Waals surface area contributed by atoms with Crippen LogP contribution >= 0.6 is 0 Å². The van der Waals surface area contributed by atoms with E-state index in [9.17, 15) is 19.2 Å². The van der Waals surface area contributed by atoms with Crippen LogP contribution in [0.15, 0.2) is 51.7 Å². The van der Waals surface area contributed by atoms with Crippen molar-refractivity contribution < 1.29 is 33.0 Å². The minimum absolute atomic E-state index is 0.0721. The highest BCUT2D eigenvalue weighted by Crippen LogP contribution is 2.23. The maximum Gasteiger partial charge on any atom is 0.337 e. The lowest BCUT2D eigenvalue weighted by Gasteiger charge is -2.11. The van der Waals surface area contributed by atoms with Crippen molar-refractivity contribution in [1.82, 2.24) is 0 Å². The van der Waals surface area contributed by atoms with E-state index < -0.39 is 23.5 Å². The molecule has 0 saturated carbocycles. The van der Waals surface area contributed by atoms with Gasteiger partial charge in [0, 0.05) is 23.2 Å². The van der Waals surface area contributed by atoms with Gasteiger partial charge in [-0.05, 0) is 42.3 Å². The summed E-state index contributed by atoms with van der Waals surface area (Å²) in [5, 5.41) is 3.35. The number of nitrogens with one attached hydrogen (secondary N) is 1. The Balaban J connectivity index is 1.75. The molecule has 0 atom stereocenters. The van der Waals surface area contributed by atoms with Crippen LogP contribution in [0, 0.1) is 0 Å². The van der Waals surface area contributed by atoms with Crippen molar-refractivity contribution in [2.45, 2.75) is 13.3 Å². The normalized spacial score (nSPS) is 10.5. The Hall–Kier alpha value is -4.14. The van der Waals surface area contributed by atoms with Gasteiger partial charge in [-0.25, -0.2) is 14.4 Å². The number of rotatable bonds is 7. The first kappa shape index (κ1) is 22.5. The van der Waals surface area contributed by atoms with Gasteiger partial charge in [-0.15, -0.1) is 0 Å². The molecule has 3 aromatic rings. The molecule has 0 aliphatic heterocycles. The van der Waals surface area contributed by atoms with Crippen molar-refractivity contribution in [3.63, 3.8) is 0 Å². The number of esters is 2. The Bertz CT molecular complexity index is 1210. The summed E-state index contributed by atoms with van der Waals surface area (Å²) in [7, 11) is 2.41. The van der Waals surface area contributed by atoms with Gasteiger partial charge in [0.25, 0.3) is 5.91 Å². The van der Waals surface area contributed by atoms with Crippen molar-refractivity contribution >= 4 is 34.5 Å². The molecule has 0 saturated heterocycles. The summed E-state index contributed by atoms with van der Waals surface area (Å²) < 4.78 is 20.1. The number of aryl methyl sites for hydroxylation is 1. The quantitative estimate of drug-likeness (QED) is 0.441. The number of carbonyl (C=O) groups is 3. The number of benzene rings is 2. The highest BCUT2D eigenvalue weighted by Gasteiger charge is 2.15. The zero-order chi connectivity index (χ0) is 23.3. The molecule has 166 valence electrons. The van der Waals surface area contributed by atoms with Gasteiger partial charge in [-0.2, -0.15) is 0 Å². The first-order valence-corrected chi connectivity index (χ1v) is 9.65. The van der Waals surface area contributed by atoms with Crippen LogP contribution in [0.25, 0.3) is 11.0 Å². The lowest BCUT2D eigenvalue weighted by atomic mass is 10.1. The second-order valence-electron chi connectivity index (χ2n) is 6.72. The molecule has 1 amide bonds. The third-order valence-electron chi connectivity index (χ3n) is 4.61. The molecule has 0 aliphatic rings. The number of ether oxygens (including phenoxy) is 3. The van der Waals surface area contributed by atoms with Crippen LogP contribution in [-0.2, 0) is 20.7 Å². The SMILES string of the molecule is CCc1cc(=O)oc2cc(OCC(=O)Nc3cc(C(=O)OC)cc(C(=O)OC)c3)ccc12. The molecular weight excluding hydrogens is 418 g/mol. The second kappa shape index (κ2) is 9.78. The molecule has 0 unspecified atom stereocenters. The maximum absolute atomic E-state index is 12.4. The Morgan fingerprint density at radius 2 is 1.59 bits per heavy atom. The predicted molar refractivity (Wildman–Crippen MR) is 115 cm³/mol. The fraction of sp³-hybridized carbons (Fsp3) is 0.217. The van der Waals surface area contributed by atoms with Crippen LogP contribution < -0.4 is 15.7 Å².